The molecule has 3 aromatic rings. The molecule has 0 radical (unpaired) electrons. The summed E-state index contributed by atoms with van der Waals surface area (Å²) in [6, 6.07) is 20.9. The van der Waals surface area contributed by atoms with Gasteiger partial charge in [-0.2, -0.15) is 0 Å². The summed E-state index contributed by atoms with van der Waals surface area (Å²) in [4.78, 5) is 27.7. The van der Waals surface area contributed by atoms with Crippen LogP contribution in [-0.2, 0) is 16.8 Å². The number of nitrogens with zero attached hydrogens (tertiary/aromatic N) is 1. The average Bonchev–Trinajstić information content (AvgIpc) is 3.26. The molecule has 26 heavy (non-hydrogen) atoms. The van der Waals surface area contributed by atoms with Crippen molar-refractivity contribution in [3.8, 4) is 0 Å². The van der Waals surface area contributed by atoms with Crippen LogP contribution in [0.4, 0.5) is 5.69 Å². The highest BCUT2D eigenvalue weighted by Crippen LogP contribution is 2.44. The number of Topliss-reactive ketones (excluding diaryl/α,β-unsaturated/α-hetero) is 1. The second-order valence-electron chi connectivity index (χ2n) is 6.80. The predicted molar refractivity (Wildman–Crippen MR) is 99.1 cm³/mol. The third kappa shape index (κ3) is 2.64. The molecule has 0 bridgehead atoms. The van der Waals surface area contributed by atoms with Crippen molar-refractivity contribution < 1.29 is 14.0 Å². The quantitative estimate of drug-likeness (QED) is 0.646. The Labute approximate surface area is 152 Å². The van der Waals surface area contributed by atoms with E-state index in [0.29, 0.717) is 6.54 Å². The summed E-state index contributed by atoms with van der Waals surface area (Å²) in [7, 11) is 0. The van der Waals surface area contributed by atoms with E-state index in [2.05, 4.69) is 0 Å². The predicted octanol–water partition coefficient (Wildman–Crippen LogP) is 4.36. The van der Waals surface area contributed by atoms with Crippen LogP contribution < -0.4 is 4.90 Å². The van der Waals surface area contributed by atoms with E-state index in [1.165, 1.54) is 6.26 Å². The zero-order chi connectivity index (χ0) is 18.1. The van der Waals surface area contributed by atoms with E-state index in [4.69, 9.17) is 4.42 Å². The number of carbonyl (C=O) groups excluding carboxylic acids is 2. The lowest BCUT2D eigenvalue weighted by atomic mass is 9.79. The highest BCUT2D eigenvalue weighted by atomic mass is 16.3. The summed E-state index contributed by atoms with van der Waals surface area (Å²) in [5.74, 6) is 0.0719. The SMILES string of the molecule is CC1(CC(=O)c2ccco2)C(=O)N(Cc2ccccc2)c2ccccc21. The zero-order valence-corrected chi connectivity index (χ0v) is 14.5. The molecule has 0 saturated carbocycles. The summed E-state index contributed by atoms with van der Waals surface area (Å²) < 4.78 is 5.22. The first-order valence-electron chi connectivity index (χ1n) is 8.62. The lowest BCUT2D eigenvalue weighted by Gasteiger charge is -2.23. The second kappa shape index (κ2) is 6.30. The van der Waals surface area contributed by atoms with E-state index in [0.717, 1.165) is 16.8 Å². The Hall–Kier alpha value is -3.14. The number of rotatable bonds is 5. The van der Waals surface area contributed by atoms with Crippen LogP contribution >= 0.6 is 0 Å². The molecule has 4 heteroatoms. The summed E-state index contributed by atoms with van der Waals surface area (Å²) in [5.41, 5.74) is 1.92. The van der Waals surface area contributed by atoms with Crippen LogP contribution in [0.3, 0.4) is 0 Å². The molecule has 0 aliphatic carbocycles. The van der Waals surface area contributed by atoms with Gasteiger partial charge in [0.15, 0.2) is 11.5 Å². The first kappa shape index (κ1) is 16.3. The van der Waals surface area contributed by atoms with Gasteiger partial charge in [0.2, 0.25) is 5.91 Å². The molecule has 1 aliphatic rings. The highest BCUT2D eigenvalue weighted by Gasteiger charge is 2.48. The van der Waals surface area contributed by atoms with E-state index in [-0.39, 0.29) is 23.9 Å². The first-order valence-corrected chi connectivity index (χ1v) is 8.62. The topological polar surface area (TPSA) is 50.5 Å². The maximum absolute atomic E-state index is 13.3. The molecule has 0 fully saturated rings. The van der Waals surface area contributed by atoms with E-state index in [9.17, 15) is 9.59 Å². The highest BCUT2D eigenvalue weighted by molar-refractivity contribution is 6.11. The molecule has 1 aromatic heterocycles. The van der Waals surface area contributed by atoms with Gasteiger partial charge in [-0.1, -0.05) is 48.5 Å². The fourth-order valence-corrected chi connectivity index (χ4v) is 3.64. The number of anilines is 1. The van der Waals surface area contributed by atoms with Gasteiger partial charge in [-0.15, -0.1) is 0 Å². The summed E-state index contributed by atoms with van der Waals surface area (Å²) in [6.45, 7) is 2.33. The van der Waals surface area contributed by atoms with Gasteiger partial charge in [0, 0.05) is 12.1 Å². The van der Waals surface area contributed by atoms with Gasteiger partial charge < -0.3 is 9.32 Å². The van der Waals surface area contributed by atoms with E-state index in [1.54, 1.807) is 17.0 Å². The maximum Gasteiger partial charge on any atom is 0.238 e. The molecule has 2 aromatic carbocycles. The summed E-state index contributed by atoms with van der Waals surface area (Å²) >= 11 is 0. The Morgan fingerprint density at radius 3 is 2.46 bits per heavy atom. The van der Waals surface area contributed by atoms with Crippen LogP contribution in [0.2, 0.25) is 0 Å². The minimum atomic E-state index is -0.894. The number of furan rings is 1. The fourth-order valence-electron chi connectivity index (χ4n) is 3.64. The molecule has 1 aliphatic heterocycles. The summed E-state index contributed by atoms with van der Waals surface area (Å²) in [5, 5.41) is 0. The normalized spacial score (nSPS) is 18.8. The lowest BCUT2D eigenvalue weighted by Crippen LogP contribution is -2.39. The smallest absolute Gasteiger partial charge is 0.238 e. The molecule has 4 rings (SSSR count). The Morgan fingerprint density at radius 2 is 1.73 bits per heavy atom. The van der Waals surface area contributed by atoms with E-state index >= 15 is 0 Å². The molecular formula is C22H19NO3. The van der Waals surface area contributed by atoms with Crippen molar-refractivity contribution in [2.24, 2.45) is 0 Å². The van der Waals surface area contributed by atoms with Crippen LogP contribution in [-0.4, -0.2) is 11.7 Å². The van der Waals surface area contributed by atoms with Crippen molar-refractivity contribution >= 4 is 17.4 Å². The molecule has 4 nitrogen and oxygen atoms in total. The number of hydrogen-bond donors (Lipinski definition) is 0. The van der Waals surface area contributed by atoms with Crippen LogP contribution in [0, 0.1) is 0 Å². The Kier molecular flexibility index (Phi) is 3.96. The molecule has 1 amide bonds. The Bertz CT molecular complexity index is 947. The van der Waals surface area contributed by atoms with E-state index < -0.39 is 5.41 Å². The number of benzene rings is 2. The van der Waals surface area contributed by atoms with Crippen molar-refractivity contribution in [2.75, 3.05) is 4.90 Å². The number of para-hydroxylation sites is 1. The number of fused-ring (bicyclic) bond motifs is 1. The lowest BCUT2D eigenvalue weighted by molar-refractivity contribution is -0.122. The van der Waals surface area contributed by atoms with Crippen LogP contribution in [0.25, 0.3) is 0 Å². The third-order valence-electron chi connectivity index (χ3n) is 5.00. The van der Waals surface area contributed by atoms with Crippen molar-refractivity contribution in [2.45, 2.75) is 25.3 Å². The van der Waals surface area contributed by atoms with Crippen LogP contribution in [0.15, 0.2) is 77.4 Å². The van der Waals surface area contributed by atoms with Crippen LogP contribution in [0.1, 0.15) is 35.0 Å². The van der Waals surface area contributed by atoms with Crippen molar-refractivity contribution in [1.82, 2.24) is 0 Å². The number of amides is 1. The van der Waals surface area contributed by atoms with Gasteiger partial charge in [0.05, 0.1) is 18.2 Å². The van der Waals surface area contributed by atoms with Gasteiger partial charge in [0.1, 0.15) is 0 Å². The van der Waals surface area contributed by atoms with Crippen LogP contribution in [0.5, 0.6) is 0 Å². The monoisotopic (exact) mass is 345 g/mol. The second-order valence-corrected chi connectivity index (χ2v) is 6.80. The Morgan fingerprint density at radius 1 is 1.00 bits per heavy atom. The zero-order valence-electron chi connectivity index (χ0n) is 14.5. The molecule has 0 N–H and O–H groups in total. The van der Waals surface area contributed by atoms with Gasteiger partial charge in [-0.25, -0.2) is 0 Å². The van der Waals surface area contributed by atoms with Crippen molar-refractivity contribution in [1.29, 1.82) is 0 Å². The minimum absolute atomic E-state index is 0.0533. The standard InChI is InChI=1S/C22H19NO3/c1-22(14-19(24)20-12-7-13-26-20)17-10-5-6-11-18(17)23(21(22)25)15-16-8-3-2-4-9-16/h2-13H,14-15H2,1H3. The maximum atomic E-state index is 13.3. The molecule has 130 valence electrons. The molecule has 2 heterocycles. The summed E-state index contributed by atoms with van der Waals surface area (Å²) in [6.07, 6.45) is 1.56. The fraction of sp³-hybridized carbons (Fsp3) is 0.182. The molecule has 1 atom stereocenters. The van der Waals surface area contributed by atoms with Crippen molar-refractivity contribution in [3.05, 3.63) is 89.9 Å². The number of carbonyl (C=O) groups is 2. The third-order valence-corrected chi connectivity index (χ3v) is 5.00. The van der Waals surface area contributed by atoms with Gasteiger partial charge in [-0.05, 0) is 36.2 Å². The van der Waals surface area contributed by atoms with Crippen molar-refractivity contribution in [3.63, 3.8) is 0 Å². The van der Waals surface area contributed by atoms with Gasteiger partial charge in [-0.3, -0.25) is 9.59 Å². The largest absolute Gasteiger partial charge is 0.461 e. The molecule has 0 spiro atoms. The molecule has 0 saturated heterocycles. The van der Waals surface area contributed by atoms with Gasteiger partial charge in [0.25, 0.3) is 0 Å². The minimum Gasteiger partial charge on any atom is -0.461 e. The first-order chi connectivity index (χ1) is 12.6. The molecular weight excluding hydrogens is 326 g/mol. The number of ketones is 1. The van der Waals surface area contributed by atoms with Gasteiger partial charge >= 0.3 is 0 Å². The average molecular weight is 345 g/mol. The van der Waals surface area contributed by atoms with E-state index in [1.807, 2.05) is 61.5 Å². The Balaban J connectivity index is 1.70. The molecule has 1 unspecified atom stereocenters. The number of hydrogen-bond acceptors (Lipinski definition) is 3.